The summed E-state index contributed by atoms with van der Waals surface area (Å²) in [6.45, 7) is 5.75. The van der Waals surface area contributed by atoms with Crippen LogP contribution in [0.3, 0.4) is 0 Å². The molecule has 0 fully saturated rings. The van der Waals surface area contributed by atoms with Gasteiger partial charge in [0.1, 0.15) is 0 Å². The Hall–Kier alpha value is -1.11. The maximum absolute atomic E-state index is 11.5. The number of benzene rings is 1. The lowest BCUT2D eigenvalue weighted by atomic mass is 9.97. The second-order valence-corrected chi connectivity index (χ2v) is 2.84. The van der Waals surface area contributed by atoms with Crippen LogP contribution in [0, 0.1) is 12.8 Å². The van der Waals surface area contributed by atoms with E-state index in [-0.39, 0.29) is 11.7 Å². The Balaban J connectivity index is 2.79. The average molecular weight is 161 g/mol. The number of carbonyl (C=O) groups excluding carboxylic acids is 1. The van der Waals surface area contributed by atoms with E-state index in [4.69, 9.17) is 0 Å². The fourth-order valence-electron chi connectivity index (χ4n) is 1.02. The van der Waals surface area contributed by atoms with E-state index in [1.165, 1.54) is 0 Å². The summed E-state index contributed by atoms with van der Waals surface area (Å²) >= 11 is 0. The lowest BCUT2D eigenvalue weighted by Gasteiger charge is -2.05. The lowest BCUT2D eigenvalue weighted by molar-refractivity contribution is 0.0941. The normalized spacial score (nSPS) is 12.5. The first kappa shape index (κ1) is 8.98. The van der Waals surface area contributed by atoms with Crippen molar-refractivity contribution < 1.29 is 4.79 Å². The molecule has 1 unspecified atom stereocenters. The van der Waals surface area contributed by atoms with Crippen molar-refractivity contribution in [2.24, 2.45) is 5.92 Å². The van der Waals surface area contributed by atoms with Crippen LogP contribution in [0.5, 0.6) is 0 Å². The molecule has 0 spiro atoms. The van der Waals surface area contributed by atoms with E-state index in [1.54, 1.807) is 0 Å². The largest absolute Gasteiger partial charge is 0.294 e. The predicted octanol–water partition coefficient (Wildman–Crippen LogP) is 2.73. The molecule has 0 aliphatic carbocycles. The van der Waals surface area contributed by atoms with E-state index in [9.17, 15) is 4.79 Å². The van der Waals surface area contributed by atoms with Crippen LogP contribution in [-0.2, 0) is 0 Å². The van der Waals surface area contributed by atoms with Crippen molar-refractivity contribution in [1.29, 1.82) is 0 Å². The van der Waals surface area contributed by atoms with Gasteiger partial charge in [-0.3, -0.25) is 4.79 Å². The Morgan fingerprint density at radius 3 is 2.50 bits per heavy atom. The number of hydrogen-bond acceptors (Lipinski definition) is 1. The zero-order chi connectivity index (χ0) is 8.97. The zero-order valence-corrected chi connectivity index (χ0v) is 7.29. The monoisotopic (exact) mass is 161 g/mol. The van der Waals surface area contributed by atoms with E-state index in [2.05, 4.69) is 6.92 Å². The molecule has 0 saturated carbocycles. The number of rotatable bonds is 3. The van der Waals surface area contributed by atoms with Gasteiger partial charge in [-0.25, -0.2) is 0 Å². The molecule has 0 aliphatic rings. The van der Waals surface area contributed by atoms with Gasteiger partial charge in [0.25, 0.3) is 0 Å². The van der Waals surface area contributed by atoms with Crippen molar-refractivity contribution in [3.05, 3.63) is 42.8 Å². The molecule has 1 aromatic carbocycles. The standard InChI is InChI=1S/C11H13O/c1-3-9(2)11(12)10-7-5-4-6-8-10/h4-9H,2-3H2,1H3. The summed E-state index contributed by atoms with van der Waals surface area (Å²) in [5, 5.41) is 0. The highest BCUT2D eigenvalue weighted by atomic mass is 16.1. The third-order valence-electron chi connectivity index (χ3n) is 1.92. The van der Waals surface area contributed by atoms with Crippen molar-refractivity contribution in [3.8, 4) is 0 Å². The summed E-state index contributed by atoms with van der Waals surface area (Å²) in [5.74, 6) is 0.0329. The number of Topliss-reactive ketones (excluding diaryl/α,β-unsaturated/α-hetero) is 1. The van der Waals surface area contributed by atoms with Gasteiger partial charge in [0.05, 0.1) is 0 Å². The first-order valence-electron chi connectivity index (χ1n) is 4.18. The van der Waals surface area contributed by atoms with Gasteiger partial charge in [-0.15, -0.1) is 0 Å². The zero-order valence-electron chi connectivity index (χ0n) is 7.29. The molecule has 12 heavy (non-hydrogen) atoms. The molecular formula is C11H13O. The van der Waals surface area contributed by atoms with Crippen LogP contribution in [0.15, 0.2) is 30.3 Å². The van der Waals surface area contributed by atoms with E-state index in [1.807, 2.05) is 37.3 Å². The summed E-state index contributed by atoms with van der Waals surface area (Å²) in [6.07, 6.45) is 0.799. The third-order valence-corrected chi connectivity index (χ3v) is 1.92. The van der Waals surface area contributed by atoms with Gasteiger partial charge in [0, 0.05) is 11.5 Å². The first-order valence-corrected chi connectivity index (χ1v) is 4.18. The molecular weight excluding hydrogens is 148 g/mol. The summed E-state index contributed by atoms with van der Waals surface area (Å²) in [4.78, 5) is 11.5. The summed E-state index contributed by atoms with van der Waals surface area (Å²) in [5.41, 5.74) is 0.763. The van der Waals surface area contributed by atoms with Crippen LogP contribution in [0.4, 0.5) is 0 Å². The average Bonchev–Trinajstić information content (AvgIpc) is 2.17. The maximum Gasteiger partial charge on any atom is 0.165 e. The Kier molecular flexibility index (Phi) is 3.03. The highest BCUT2D eigenvalue weighted by Gasteiger charge is 2.11. The van der Waals surface area contributed by atoms with Crippen LogP contribution >= 0.6 is 0 Å². The molecule has 0 bridgehead atoms. The number of ketones is 1. The first-order chi connectivity index (χ1) is 5.75. The van der Waals surface area contributed by atoms with E-state index >= 15 is 0 Å². The van der Waals surface area contributed by atoms with Crippen molar-refractivity contribution >= 4 is 5.78 Å². The molecule has 1 radical (unpaired) electrons. The number of hydrogen-bond donors (Lipinski definition) is 0. The Morgan fingerprint density at radius 2 is 2.00 bits per heavy atom. The van der Waals surface area contributed by atoms with Crippen LogP contribution in [0.2, 0.25) is 0 Å². The minimum atomic E-state index is -0.104. The van der Waals surface area contributed by atoms with Crippen LogP contribution in [-0.4, -0.2) is 5.78 Å². The molecule has 0 amide bonds. The third kappa shape index (κ3) is 1.94. The molecule has 1 nitrogen and oxygen atoms in total. The van der Waals surface area contributed by atoms with Crippen molar-refractivity contribution in [1.82, 2.24) is 0 Å². The van der Waals surface area contributed by atoms with Crippen LogP contribution in [0.1, 0.15) is 23.7 Å². The smallest absolute Gasteiger partial charge is 0.165 e. The number of carbonyl (C=O) groups is 1. The van der Waals surface area contributed by atoms with Crippen molar-refractivity contribution in [2.45, 2.75) is 13.3 Å². The SMILES string of the molecule is [CH2]C(CC)C(=O)c1ccccc1. The second-order valence-electron chi connectivity index (χ2n) is 2.84. The fraction of sp³-hybridized carbons (Fsp3) is 0.273. The summed E-state index contributed by atoms with van der Waals surface area (Å²) in [6, 6.07) is 9.30. The molecule has 0 aromatic heterocycles. The quantitative estimate of drug-likeness (QED) is 0.623. The van der Waals surface area contributed by atoms with Crippen LogP contribution in [0.25, 0.3) is 0 Å². The molecule has 0 N–H and O–H groups in total. The summed E-state index contributed by atoms with van der Waals surface area (Å²) in [7, 11) is 0. The molecule has 0 heterocycles. The van der Waals surface area contributed by atoms with E-state index in [0.29, 0.717) is 0 Å². The topological polar surface area (TPSA) is 17.1 Å². The van der Waals surface area contributed by atoms with Gasteiger partial charge in [0.15, 0.2) is 5.78 Å². The summed E-state index contributed by atoms with van der Waals surface area (Å²) < 4.78 is 0. The van der Waals surface area contributed by atoms with Crippen molar-refractivity contribution in [3.63, 3.8) is 0 Å². The van der Waals surface area contributed by atoms with Gasteiger partial charge in [0.2, 0.25) is 0 Å². The molecule has 0 aliphatic heterocycles. The Morgan fingerprint density at radius 1 is 1.42 bits per heavy atom. The molecule has 0 saturated heterocycles. The Labute approximate surface area is 73.4 Å². The Bertz CT molecular complexity index is 251. The minimum absolute atomic E-state index is 0.104. The van der Waals surface area contributed by atoms with E-state index < -0.39 is 0 Å². The van der Waals surface area contributed by atoms with Gasteiger partial charge in [-0.1, -0.05) is 37.3 Å². The van der Waals surface area contributed by atoms with Gasteiger partial charge >= 0.3 is 0 Å². The highest BCUT2D eigenvalue weighted by Crippen LogP contribution is 2.10. The van der Waals surface area contributed by atoms with E-state index in [0.717, 1.165) is 12.0 Å². The minimum Gasteiger partial charge on any atom is -0.294 e. The molecule has 63 valence electrons. The van der Waals surface area contributed by atoms with Gasteiger partial charge in [-0.2, -0.15) is 0 Å². The lowest BCUT2D eigenvalue weighted by Crippen LogP contribution is -2.09. The molecule has 1 aromatic rings. The highest BCUT2D eigenvalue weighted by molar-refractivity contribution is 5.98. The van der Waals surface area contributed by atoms with Gasteiger partial charge < -0.3 is 0 Å². The van der Waals surface area contributed by atoms with Crippen LogP contribution < -0.4 is 0 Å². The maximum atomic E-state index is 11.5. The second kappa shape index (κ2) is 4.05. The molecule has 1 rings (SSSR count). The molecule has 1 heteroatoms. The fourth-order valence-corrected chi connectivity index (χ4v) is 1.02. The van der Waals surface area contributed by atoms with Crippen molar-refractivity contribution in [2.75, 3.05) is 0 Å². The van der Waals surface area contributed by atoms with Gasteiger partial charge in [-0.05, 0) is 13.3 Å². The molecule has 1 atom stereocenters. The predicted molar refractivity (Wildman–Crippen MR) is 49.9 cm³/mol.